The van der Waals surface area contributed by atoms with Gasteiger partial charge >= 0.3 is 0 Å². The van der Waals surface area contributed by atoms with E-state index in [1.54, 1.807) is 0 Å². The van der Waals surface area contributed by atoms with Crippen molar-refractivity contribution >= 4 is 0 Å². The summed E-state index contributed by atoms with van der Waals surface area (Å²) in [6.07, 6.45) is 1.46. The molecule has 0 aromatic carbocycles. The van der Waals surface area contributed by atoms with Crippen molar-refractivity contribution in [2.24, 2.45) is 47.3 Å². The summed E-state index contributed by atoms with van der Waals surface area (Å²) in [6.45, 7) is 6.50. The molecule has 2 spiro atoms. The Bertz CT molecular complexity index is 574. The maximum atomic E-state index is 7.04. The van der Waals surface area contributed by atoms with Crippen LogP contribution in [0.25, 0.3) is 0 Å². The van der Waals surface area contributed by atoms with Crippen molar-refractivity contribution in [2.75, 3.05) is 66.1 Å². The van der Waals surface area contributed by atoms with E-state index in [0.717, 1.165) is 60.6 Å². The maximum Gasteiger partial charge on any atom is 0.0992 e. The van der Waals surface area contributed by atoms with Crippen LogP contribution in [0.15, 0.2) is 0 Å². The topological polar surface area (TPSA) is 55.4 Å². The van der Waals surface area contributed by atoms with Crippen LogP contribution in [0.1, 0.15) is 6.42 Å². The minimum Gasteiger partial charge on any atom is -0.377 e. The molecule has 6 nitrogen and oxygen atoms in total. The van der Waals surface area contributed by atoms with Crippen LogP contribution in [-0.2, 0) is 28.4 Å². The Morgan fingerprint density at radius 2 is 0.889 bits per heavy atom. The quantitative estimate of drug-likeness (QED) is 0.626. The first-order valence-electron chi connectivity index (χ1n) is 11.0. The van der Waals surface area contributed by atoms with Crippen LogP contribution in [-0.4, -0.2) is 77.3 Å². The van der Waals surface area contributed by atoms with E-state index in [-0.39, 0.29) is 11.2 Å². The Labute approximate surface area is 160 Å². The van der Waals surface area contributed by atoms with Crippen molar-refractivity contribution in [3.63, 3.8) is 0 Å². The number of hydrogen-bond donors (Lipinski definition) is 0. The maximum absolute atomic E-state index is 7.04. The molecule has 0 unspecified atom stereocenters. The zero-order valence-electron chi connectivity index (χ0n) is 15.8. The van der Waals surface area contributed by atoms with Crippen LogP contribution < -0.4 is 0 Å². The zero-order chi connectivity index (χ0) is 17.6. The van der Waals surface area contributed by atoms with Crippen LogP contribution >= 0.6 is 0 Å². The highest BCUT2D eigenvalue weighted by molar-refractivity contribution is 5.43. The molecular formula is C21H30O6. The fourth-order valence-electron chi connectivity index (χ4n) is 9.20. The van der Waals surface area contributed by atoms with Crippen molar-refractivity contribution in [2.45, 2.75) is 17.6 Å². The third-order valence-electron chi connectivity index (χ3n) is 9.28. The minimum absolute atomic E-state index is 0.0131. The second-order valence-corrected chi connectivity index (χ2v) is 9.78. The van der Waals surface area contributed by atoms with Gasteiger partial charge in [0.2, 0.25) is 0 Å². The van der Waals surface area contributed by atoms with Gasteiger partial charge in [-0.25, -0.2) is 0 Å². The highest BCUT2D eigenvalue weighted by Crippen LogP contribution is 2.93. The molecule has 8 rings (SSSR count). The van der Waals surface area contributed by atoms with Gasteiger partial charge in [0, 0.05) is 0 Å². The second kappa shape index (κ2) is 5.67. The van der Waals surface area contributed by atoms with Gasteiger partial charge in [0.05, 0.1) is 77.3 Å². The molecule has 0 aromatic heterocycles. The molecule has 5 aliphatic carbocycles. The molecule has 8 aliphatic rings. The molecular weight excluding hydrogens is 348 g/mol. The van der Waals surface area contributed by atoms with Crippen LogP contribution in [0.2, 0.25) is 0 Å². The highest BCUT2D eigenvalue weighted by Gasteiger charge is 2.96. The molecule has 8 fully saturated rings. The van der Waals surface area contributed by atoms with Gasteiger partial charge in [-0.3, -0.25) is 0 Å². The van der Waals surface area contributed by atoms with Gasteiger partial charge in [-0.1, -0.05) is 0 Å². The number of ether oxygens (including phenoxy) is 6. The van der Waals surface area contributed by atoms with Gasteiger partial charge in [0.1, 0.15) is 0 Å². The predicted octanol–water partition coefficient (Wildman–Crippen LogP) is 0.979. The highest BCUT2D eigenvalue weighted by atomic mass is 16.6. The fourth-order valence-corrected chi connectivity index (χ4v) is 9.20. The van der Waals surface area contributed by atoms with Gasteiger partial charge in [-0.2, -0.15) is 0 Å². The first-order chi connectivity index (χ1) is 13.4. The van der Waals surface area contributed by atoms with Crippen molar-refractivity contribution in [1.29, 1.82) is 0 Å². The molecule has 0 radical (unpaired) electrons. The molecule has 5 saturated carbocycles. The van der Waals surface area contributed by atoms with Gasteiger partial charge in [-0.05, 0) is 53.8 Å². The number of rotatable bonds is 0. The van der Waals surface area contributed by atoms with Gasteiger partial charge in [0.15, 0.2) is 0 Å². The lowest BCUT2D eigenvalue weighted by Crippen LogP contribution is -2.54. The summed E-state index contributed by atoms with van der Waals surface area (Å²) in [5.41, 5.74) is -0.0261. The van der Waals surface area contributed by atoms with Crippen molar-refractivity contribution in [3.05, 3.63) is 0 Å². The summed E-state index contributed by atoms with van der Waals surface area (Å²) in [6, 6.07) is 0. The van der Waals surface area contributed by atoms with Gasteiger partial charge in [-0.15, -0.1) is 0 Å². The Balaban J connectivity index is 1.12. The van der Waals surface area contributed by atoms with Crippen LogP contribution in [0.5, 0.6) is 0 Å². The van der Waals surface area contributed by atoms with E-state index < -0.39 is 0 Å². The van der Waals surface area contributed by atoms with Gasteiger partial charge < -0.3 is 28.4 Å². The fraction of sp³-hybridized carbons (Fsp3) is 1.00. The molecule has 27 heavy (non-hydrogen) atoms. The molecule has 0 aromatic rings. The lowest BCUT2D eigenvalue weighted by Gasteiger charge is -2.47. The summed E-state index contributed by atoms with van der Waals surface area (Å²) in [7, 11) is 0. The van der Waals surface area contributed by atoms with E-state index in [9.17, 15) is 0 Å². The molecule has 4 bridgehead atoms. The Morgan fingerprint density at radius 1 is 0.481 bits per heavy atom. The summed E-state index contributed by atoms with van der Waals surface area (Å²) in [5.74, 6) is 6.60. The smallest absolute Gasteiger partial charge is 0.0992 e. The SMILES string of the molecule is C1COCCOC[C@@]23O[C@]4(COCCOCCO1)[C@H]1[C@@H]5C[C@@H]([C@@H]6[C@H]5[C@H]4[C@@H]62)[C@H]13. The second-order valence-electron chi connectivity index (χ2n) is 9.78. The Morgan fingerprint density at radius 3 is 1.33 bits per heavy atom. The molecule has 3 heterocycles. The van der Waals surface area contributed by atoms with Crippen LogP contribution in [0.4, 0.5) is 0 Å². The summed E-state index contributed by atoms with van der Waals surface area (Å²) >= 11 is 0. The predicted molar refractivity (Wildman–Crippen MR) is 93.2 cm³/mol. The monoisotopic (exact) mass is 378 g/mol. The van der Waals surface area contributed by atoms with Crippen molar-refractivity contribution in [3.8, 4) is 0 Å². The molecule has 150 valence electrons. The Hall–Kier alpha value is -0.240. The first-order valence-corrected chi connectivity index (χ1v) is 11.0. The van der Waals surface area contributed by atoms with E-state index in [1.165, 1.54) is 6.42 Å². The zero-order valence-corrected chi connectivity index (χ0v) is 15.8. The lowest BCUT2D eigenvalue weighted by molar-refractivity contribution is -0.138. The van der Waals surface area contributed by atoms with Crippen LogP contribution in [0.3, 0.4) is 0 Å². The lowest BCUT2D eigenvalue weighted by atomic mass is 9.55. The molecule has 3 saturated heterocycles. The molecule has 10 atom stereocenters. The third kappa shape index (κ3) is 1.80. The molecule has 0 amide bonds. The van der Waals surface area contributed by atoms with Crippen molar-refractivity contribution in [1.82, 2.24) is 0 Å². The minimum atomic E-state index is -0.0131. The summed E-state index contributed by atoms with van der Waals surface area (Å²) in [5, 5.41) is 0. The van der Waals surface area contributed by atoms with E-state index in [0.29, 0.717) is 52.9 Å². The van der Waals surface area contributed by atoms with E-state index >= 15 is 0 Å². The van der Waals surface area contributed by atoms with E-state index in [1.807, 2.05) is 0 Å². The summed E-state index contributed by atoms with van der Waals surface area (Å²) in [4.78, 5) is 0. The molecule has 6 heteroatoms. The molecule has 0 N–H and O–H groups in total. The average Bonchev–Trinajstić information content (AvgIpc) is 3.30. The third-order valence-corrected chi connectivity index (χ3v) is 9.28. The van der Waals surface area contributed by atoms with Crippen LogP contribution in [0, 0.1) is 47.3 Å². The number of hydrogen-bond acceptors (Lipinski definition) is 6. The van der Waals surface area contributed by atoms with Crippen molar-refractivity contribution < 1.29 is 28.4 Å². The van der Waals surface area contributed by atoms with Gasteiger partial charge in [0.25, 0.3) is 0 Å². The van der Waals surface area contributed by atoms with E-state index in [4.69, 9.17) is 28.4 Å². The summed E-state index contributed by atoms with van der Waals surface area (Å²) < 4.78 is 36.1. The average molecular weight is 378 g/mol. The standard InChI is InChI=1S/C21H30O6/c1-3-23-5-7-25-10-20-16-12-9-13-15-14(12)18(20)19(15)21(27-20,17(13)16)11-26-8-6-24-4-2-22-1/h12-19H,1-11H2/t12-,13+,14+,15-,16+,17-,18+,19-,20-,21+. The first kappa shape index (κ1) is 16.5. The molecule has 3 aliphatic heterocycles. The normalized spacial score (nSPS) is 61.3. The Kier molecular flexibility index (Phi) is 3.48. The van der Waals surface area contributed by atoms with E-state index in [2.05, 4.69) is 0 Å². The largest absolute Gasteiger partial charge is 0.377 e.